The van der Waals surface area contributed by atoms with Gasteiger partial charge in [0.05, 0.1) is 20.8 Å². The summed E-state index contributed by atoms with van der Waals surface area (Å²) in [5.41, 5.74) is 0.522. The number of fused-ring (bicyclic) bond motifs is 1. The first-order valence-corrected chi connectivity index (χ1v) is 7.08. The molecule has 0 bridgehead atoms. The van der Waals surface area contributed by atoms with E-state index in [1.54, 1.807) is 14.0 Å². The van der Waals surface area contributed by atoms with E-state index in [-0.39, 0.29) is 12.2 Å². The van der Waals surface area contributed by atoms with Crippen LogP contribution in [0.25, 0.3) is 16.8 Å². The average Bonchev–Trinajstić information content (AvgIpc) is 2.58. The molecular weight excluding hydrogens is 294 g/mol. The predicted molar refractivity (Wildman–Crippen MR) is 87.3 cm³/mol. The normalized spacial score (nSPS) is 11.0. The summed E-state index contributed by atoms with van der Waals surface area (Å²) in [5, 5.41) is 11.0. The zero-order valence-corrected chi connectivity index (χ0v) is 13.3. The van der Waals surface area contributed by atoms with Gasteiger partial charge in [0.15, 0.2) is 0 Å². The molecule has 0 amide bonds. The van der Waals surface area contributed by atoms with Crippen LogP contribution >= 0.6 is 0 Å². The molecule has 2 rings (SSSR count). The zero-order chi connectivity index (χ0) is 16.8. The number of carbonyl (C=O) groups excluding carboxylic acids is 1. The van der Waals surface area contributed by atoms with Crippen molar-refractivity contribution < 1.29 is 19.0 Å². The Morgan fingerprint density at radius 3 is 2.57 bits per heavy atom. The molecule has 0 aliphatic carbocycles. The van der Waals surface area contributed by atoms with Crippen molar-refractivity contribution in [3.8, 4) is 17.6 Å². The van der Waals surface area contributed by atoms with Crippen LogP contribution in [-0.2, 0) is 9.53 Å². The second-order valence-corrected chi connectivity index (χ2v) is 4.67. The number of methoxy groups -OCH3 is 2. The number of hydrogen-bond acceptors (Lipinski definition) is 5. The Labute approximate surface area is 134 Å². The molecule has 0 aliphatic rings. The molecule has 0 radical (unpaired) electrons. The van der Waals surface area contributed by atoms with Crippen LogP contribution in [0.1, 0.15) is 12.5 Å². The molecule has 0 aliphatic heterocycles. The number of esters is 1. The Bertz CT molecular complexity index is 803. The van der Waals surface area contributed by atoms with Crippen molar-refractivity contribution in [2.75, 3.05) is 20.8 Å². The molecule has 0 saturated heterocycles. The van der Waals surface area contributed by atoms with Gasteiger partial charge in [-0.05, 0) is 36.6 Å². The van der Waals surface area contributed by atoms with Gasteiger partial charge in [-0.2, -0.15) is 5.26 Å². The molecule has 0 fully saturated rings. The van der Waals surface area contributed by atoms with Crippen LogP contribution < -0.4 is 9.47 Å². The number of rotatable bonds is 5. The van der Waals surface area contributed by atoms with Crippen LogP contribution in [0.3, 0.4) is 0 Å². The summed E-state index contributed by atoms with van der Waals surface area (Å²) in [6.45, 7) is 1.90. The minimum absolute atomic E-state index is 0.0839. The van der Waals surface area contributed by atoms with Gasteiger partial charge in [-0.3, -0.25) is 0 Å². The Hall–Kier alpha value is -3.00. The minimum Gasteiger partial charge on any atom is -0.496 e. The number of hydrogen-bond donors (Lipinski definition) is 0. The first kappa shape index (κ1) is 16.4. The van der Waals surface area contributed by atoms with Gasteiger partial charge >= 0.3 is 5.97 Å². The van der Waals surface area contributed by atoms with Crippen LogP contribution in [0.15, 0.2) is 35.9 Å². The molecule has 0 atom stereocenters. The van der Waals surface area contributed by atoms with Crippen molar-refractivity contribution >= 4 is 22.8 Å². The van der Waals surface area contributed by atoms with Gasteiger partial charge in [-0.15, -0.1) is 0 Å². The third-order valence-corrected chi connectivity index (χ3v) is 3.33. The zero-order valence-electron chi connectivity index (χ0n) is 13.3. The van der Waals surface area contributed by atoms with Crippen molar-refractivity contribution in [1.29, 1.82) is 5.26 Å². The van der Waals surface area contributed by atoms with Crippen molar-refractivity contribution in [1.82, 2.24) is 0 Å². The van der Waals surface area contributed by atoms with E-state index in [1.807, 2.05) is 36.4 Å². The van der Waals surface area contributed by atoms with Crippen molar-refractivity contribution in [2.24, 2.45) is 0 Å². The fraction of sp³-hybridized carbons (Fsp3) is 0.222. The maximum atomic E-state index is 11.8. The monoisotopic (exact) mass is 311 g/mol. The lowest BCUT2D eigenvalue weighted by molar-refractivity contribution is -0.137. The quantitative estimate of drug-likeness (QED) is 0.481. The topological polar surface area (TPSA) is 68.6 Å². The largest absolute Gasteiger partial charge is 0.496 e. The summed E-state index contributed by atoms with van der Waals surface area (Å²) in [4.78, 5) is 11.8. The summed E-state index contributed by atoms with van der Waals surface area (Å²) < 4.78 is 15.6. The summed E-state index contributed by atoms with van der Waals surface area (Å²) in [5.74, 6) is 0.606. The van der Waals surface area contributed by atoms with Crippen molar-refractivity contribution in [2.45, 2.75) is 6.92 Å². The molecule has 5 heteroatoms. The van der Waals surface area contributed by atoms with E-state index >= 15 is 0 Å². The molecule has 0 N–H and O–H groups in total. The van der Waals surface area contributed by atoms with Crippen LogP contribution in [-0.4, -0.2) is 26.8 Å². The fourth-order valence-corrected chi connectivity index (χ4v) is 2.26. The summed E-state index contributed by atoms with van der Waals surface area (Å²) in [6, 6.07) is 11.2. The number of nitriles is 1. The number of ether oxygens (including phenoxy) is 3. The highest BCUT2D eigenvalue weighted by Crippen LogP contribution is 2.33. The van der Waals surface area contributed by atoms with E-state index in [1.165, 1.54) is 13.2 Å². The van der Waals surface area contributed by atoms with E-state index in [0.29, 0.717) is 17.1 Å². The van der Waals surface area contributed by atoms with Gasteiger partial charge in [0.25, 0.3) is 0 Å². The molecule has 0 spiro atoms. The molecule has 2 aromatic carbocycles. The van der Waals surface area contributed by atoms with Gasteiger partial charge in [0.2, 0.25) is 0 Å². The van der Waals surface area contributed by atoms with Crippen LogP contribution in [0.5, 0.6) is 11.5 Å². The first-order valence-electron chi connectivity index (χ1n) is 7.08. The maximum Gasteiger partial charge on any atom is 0.348 e. The molecule has 118 valence electrons. The average molecular weight is 311 g/mol. The Morgan fingerprint density at radius 2 is 1.96 bits per heavy atom. The second-order valence-electron chi connectivity index (χ2n) is 4.67. The van der Waals surface area contributed by atoms with Gasteiger partial charge < -0.3 is 14.2 Å². The van der Waals surface area contributed by atoms with Crippen molar-refractivity contribution in [3.63, 3.8) is 0 Å². The molecule has 0 unspecified atom stereocenters. The van der Waals surface area contributed by atoms with Gasteiger partial charge in [-0.1, -0.05) is 12.1 Å². The Kier molecular flexibility index (Phi) is 5.21. The third kappa shape index (κ3) is 3.43. The van der Waals surface area contributed by atoms with Crippen LogP contribution in [0.2, 0.25) is 0 Å². The number of carbonyl (C=O) groups is 1. The lowest BCUT2D eigenvalue weighted by atomic mass is 10.0. The highest BCUT2D eigenvalue weighted by atomic mass is 16.5. The number of benzene rings is 2. The summed E-state index contributed by atoms with van der Waals surface area (Å²) in [7, 11) is 3.13. The predicted octanol–water partition coefficient (Wildman–Crippen LogP) is 3.33. The van der Waals surface area contributed by atoms with E-state index in [2.05, 4.69) is 0 Å². The molecular formula is C18H17NO4. The number of nitrogens with zero attached hydrogens (tertiary/aromatic N) is 1. The van der Waals surface area contributed by atoms with E-state index in [4.69, 9.17) is 14.2 Å². The van der Waals surface area contributed by atoms with E-state index in [0.717, 1.165) is 10.8 Å². The molecule has 0 heterocycles. The molecule has 2 aromatic rings. The van der Waals surface area contributed by atoms with Crippen LogP contribution in [0, 0.1) is 11.3 Å². The van der Waals surface area contributed by atoms with E-state index in [9.17, 15) is 10.1 Å². The standard InChI is InChI=1S/C18H17NO4/c1-4-23-18(20)14(11-19)8-13-9-15-12(10-17(13)22-3)6-5-7-16(15)21-2/h5-10H,4H2,1-3H3. The smallest absolute Gasteiger partial charge is 0.348 e. The SMILES string of the molecule is CCOC(=O)C(C#N)=Cc1cc2c(OC)cccc2cc1OC. The molecule has 0 aromatic heterocycles. The first-order chi connectivity index (χ1) is 11.1. The molecule has 5 nitrogen and oxygen atoms in total. The lowest BCUT2D eigenvalue weighted by Gasteiger charge is -2.10. The molecule has 23 heavy (non-hydrogen) atoms. The third-order valence-electron chi connectivity index (χ3n) is 3.33. The second kappa shape index (κ2) is 7.32. The Balaban J connectivity index is 2.63. The highest BCUT2D eigenvalue weighted by Gasteiger charge is 2.13. The summed E-state index contributed by atoms with van der Waals surface area (Å²) in [6.07, 6.45) is 1.46. The van der Waals surface area contributed by atoms with Gasteiger partial charge in [-0.25, -0.2) is 4.79 Å². The van der Waals surface area contributed by atoms with Crippen LogP contribution in [0.4, 0.5) is 0 Å². The maximum absolute atomic E-state index is 11.8. The lowest BCUT2D eigenvalue weighted by Crippen LogP contribution is -2.06. The van der Waals surface area contributed by atoms with Crippen molar-refractivity contribution in [3.05, 3.63) is 41.5 Å². The highest BCUT2D eigenvalue weighted by molar-refractivity contribution is 6.00. The Morgan fingerprint density at radius 1 is 1.22 bits per heavy atom. The van der Waals surface area contributed by atoms with E-state index < -0.39 is 5.97 Å². The van der Waals surface area contributed by atoms with Gasteiger partial charge in [0.1, 0.15) is 23.1 Å². The fourth-order valence-electron chi connectivity index (χ4n) is 2.26. The minimum atomic E-state index is -0.655. The summed E-state index contributed by atoms with van der Waals surface area (Å²) >= 11 is 0. The molecule has 0 saturated carbocycles. The van der Waals surface area contributed by atoms with Gasteiger partial charge in [0, 0.05) is 10.9 Å².